The normalized spacial score (nSPS) is 24.1. The summed E-state index contributed by atoms with van der Waals surface area (Å²) < 4.78 is 50.5. The summed E-state index contributed by atoms with van der Waals surface area (Å²) in [5.74, 6) is 0. The second-order valence-corrected chi connectivity index (χ2v) is 6.97. The van der Waals surface area contributed by atoms with E-state index in [1.807, 2.05) is 0 Å². The van der Waals surface area contributed by atoms with Gasteiger partial charge in [0.15, 0.2) is 10.3 Å². The van der Waals surface area contributed by atoms with Crippen molar-refractivity contribution < 1.29 is 17.7 Å². The molecule has 6 heteroatoms. The Morgan fingerprint density at radius 1 is 1.32 bits per heavy atom. The van der Waals surface area contributed by atoms with Gasteiger partial charge in [0.1, 0.15) is 0 Å². The van der Waals surface area contributed by atoms with Crippen LogP contribution in [-0.4, -0.2) is 10.7 Å². The van der Waals surface area contributed by atoms with E-state index in [1.54, 1.807) is 36.4 Å². The summed E-state index contributed by atoms with van der Waals surface area (Å²) >= 11 is 4.17. The van der Waals surface area contributed by atoms with Gasteiger partial charge < -0.3 is 0 Å². The lowest BCUT2D eigenvalue weighted by molar-refractivity contribution is -0.102. The average Bonchev–Trinajstić information content (AvgIpc) is 2.47. The predicted octanol–water partition coefficient (Wildman–Crippen LogP) is 5.67. The molecule has 22 heavy (non-hydrogen) atoms. The lowest BCUT2D eigenvalue weighted by atomic mass is 9.77. The van der Waals surface area contributed by atoms with Gasteiger partial charge in [-0.1, -0.05) is 48.9 Å². The summed E-state index contributed by atoms with van der Waals surface area (Å²) in [6, 6.07) is 8.30. The van der Waals surface area contributed by atoms with Crippen molar-refractivity contribution in [2.24, 2.45) is 5.41 Å². The van der Waals surface area contributed by atoms with Crippen LogP contribution in [0.3, 0.4) is 0 Å². The van der Waals surface area contributed by atoms with Crippen LogP contribution in [0.2, 0.25) is 0 Å². The fourth-order valence-electron chi connectivity index (χ4n) is 2.17. The van der Waals surface area contributed by atoms with E-state index < -0.39 is 28.3 Å². The molecule has 0 saturated carbocycles. The van der Waals surface area contributed by atoms with Crippen molar-refractivity contribution in [2.45, 2.75) is 24.4 Å². The van der Waals surface area contributed by atoms with E-state index in [1.165, 1.54) is 19.1 Å². The molecule has 0 amide bonds. The molecule has 1 nitrogen and oxygen atoms in total. The molecule has 1 aliphatic carbocycles. The van der Waals surface area contributed by atoms with Crippen LogP contribution in [0.5, 0.6) is 0 Å². The molecule has 0 fully saturated rings. The van der Waals surface area contributed by atoms with Crippen LogP contribution in [0.25, 0.3) is 0 Å². The second-order valence-electron chi connectivity index (χ2n) is 5.20. The minimum atomic E-state index is -4.53. The highest BCUT2D eigenvalue weighted by atomic mass is 35.5. The zero-order valence-corrected chi connectivity index (χ0v) is 13.3. The molecule has 0 aliphatic heterocycles. The van der Waals surface area contributed by atoms with Gasteiger partial charge in [-0.2, -0.15) is 17.7 Å². The van der Waals surface area contributed by atoms with Gasteiger partial charge in [0.2, 0.25) is 11.2 Å². The van der Waals surface area contributed by atoms with Gasteiger partial charge in [-0.3, -0.25) is 0 Å². The lowest BCUT2D eigenvalue weighted by Gasteiger charge is -2.30. The number of alkyl halides is 3. The number of allylic oxidation sites excluding steroid dienone is 5. The molecule has 0 spiro atoms. The van der Waals surface area contributed by atoms with E-state index in [0.29, 0.717) is 9.93 Å². The van der Waals surface area contributed by atoms with Crippen molar-refractivity contribution in [1.82, 2.24) is 0 Å². The summed E-state index contributed by atoms with van der Waals surface area (Å²) in [4.78, 5) is 0.446. The lowest BCUT2D eigenvalue weighted by Crippen LogP contribution is -2.29. The molecule has 1 aromatic rings. The Hall–Kier alpha value is -1.17. The molecule has 0 aromatic heterocycles. The first-order valence-electron chi connectivity index (χ1n) is 6.54. The molecule has 1 aliphatic rings. The minimum absolute atomic E-state index is 0.139. The molecule has 0 bridgehead atoms. The van der Waals surface area contributed by atoms with Gasteiger partial charge in [0, 0.05) is 10.4 Å². The molecular weight excluding hydrogens is 333 g/mol. The largest absolute Gasteiger partial charge is 0.417 e. The topological polar surface area (TPSA) is 20.2 Å². The molecule has 0 radical (unpaired) electrons. The summed E-state index contributed by atoms with van der Waals surface area (Å²) in [5, 5.41) is 1.33. The third-order valence-corrected chi connectivity index (χ3v) is 4.96. The van der Waals surface area contributed by atoms with E-state index in [2.05, 4.69) is 0 Å². The van der Waals surface area contributed by atoms with Gasteiger partial charge in [-0.05, 0) is 24.6 Å². The molecular formula is C16H15ClF3OS+. The van der Waals surface area contributed by atoms with Crippen LogP contribution in [-0.2, 0) is 11.2 Å². The third kappa shape index (κ3) is 3.97. The molecule has 2 unspecified atom stereocenters. The number of benzene rings is 1. The molecule has 2 rings (SSSR count). The maximum absolute atomic E-state index is 13.5. The summed E-state index contributed by atoms with van der Waals surface area (Å²) in [6.45, 7) is 1.49. The Kier molecular flexibility index (Phi) is 5.10. The van der Waals surface area contributed by atoms with Gasteiger partial charge in [-0.25, -0.2) is 0 Å². The van der Waals surface area contributed by atoms with E-state index >= 15 is 0 Å². The molecule has 0 saturated heterocycles. The third-order valence-electron chi connectivity index (χ3n) is 3.47. The Labute approximate surface area is 135 Å². The van der Waals surface area contributed by atoms with Crippen LogP contribution in [0.15, 0.2) is 69.5 Å². The first-order valence-corrected chi connectivity index (χ1v) is 8.16. The minimum Gasteiger partial charge on any atom is -0.176 e. The number of hydrogen-bond acceptors (Lipinski definition) is 1. The number of hydrogen-bond donors (Lipinski definition) is 1. The molecule has 2 atom stereocenters. The van der Waals surface area contributed by atoms with Crippen molar-refractivity contribution >= 4 is 22.8 Å². The fraction of sp³-hybridized carbons (Fsp3) is 0.250. The average molecular weight is 348 g/mol. The number of rotatable bonds is 3. The zero-order valence-electron chi connectivity index (χ0n) is 11.8. The van der Waals surface area contributed by atoms with Gasteiger partial charge >= 0.3 is 6.18 Å². The van der Waals surface area contributed by atoms with Crippen LogP contribution in [0.1, 0.15) is 13.3 Å². The highest BCUT2D eigenvalue weighted by molar-refractivity contribution is 7.94. The van der Waals surface area contributed by atoms with Crippen molar-refractivity contribution in [2.75, 3.05) is 0 Å². The van der Waals surface area contributed by atoms with Crippen LogP contribution >= 0.6 is 11.6 Å². The maximum Gasteiger partial charge on any atom is 0.417 e. The van der Waals surface area contributed by atoms with Crippen molar-refractivity contribution in [3.05, 3.63) is 64.6 Å². The van der Waals surface area contributed by atoms with E-state index in [0.717, 1.165) is 5.41 Å². The van der Waals surface area contributed by atoms with Crippen molar-refractivity contribution in [3.63, 3.8) is 0 Å². The van der Waals surface area contributed by atoms with Gasteiger partial charge in [0.25, 0.3) is 0 Å². The highest BCUT2D eigenvalue weighted by Gasteiger charge is 2.47. The number of halogens is 4. The van der Waals surface area contributed by atoms with Crippen molar-refractivity contribution in [3.8, 4) is 0 Å². The van der Waals surface area contributed by atoms with Crippen LogP contribution < -0.4 is 0 Å². The standard InChI is InChI=1S/C16H15ClF3OS/c1-15(9-7-12(17)8-10-15)14(16(18,19)20)11-22(21)13-5-3-2-4-6-13/h2-9,11,21H,10H2,1H3/q+1/b14-11+. The van der Waals surface area contributed by atoms with Crippen LogP contribution in [0, 0.1) is 5.41 Å². The van der Waals surface area contributed by atoms with Gasteiger partial charge in [-0.15, -0.1) is 0 Å². The Bertz CT molecular complexity index is 622. The summed E-state index contributed by atoms with van der Waals surface area (Å²) in [5.41, 5.74) is -1.99. The maximum atomic E-state index is 13.5. The zero-order chi connectivity index (χ0) is 16.4. The first kappa shape index (κ1) is 17.2. The Morgan fingerprint density at radius 3 is 2.45 bits per heavy atom. The van der Waals surface area contributed by atoms with Gasteiger partial charge in [0.05, 0.1) is 5.57 Å². The van der Waals surface area contributed by atoms with E-state index in [4.69, 9.17) is 11.6 Å². The smallest absolute Gasteiger partial charge is 0.176 e. The highest BCUT2D eigenvalue weighted by Crippen LogP contribution is 2.46. The van der Waals surface area contributed by atoms with E-state index in [9.17, 15) is 17.7 Å². The SMILES string of the molecule is CC1(/C(=C\[S+](O)c2ccccc2)C(F)(F)F)C=CC(Cl)=CC1. The summed E-state index contributed by atoms with van der Waals surface area (Å²) in [6.07, 6.45) is 0.0673. The summed E-state index contributed by atoms with van der Waals surface area (Å²) in [7, 11) is 0. The van der Waals surface area contributed by atoms with E-state index in [-0.39, 0.29) is 6.42 Å². The van der Waals surface area contributed by atoms with Crippen LogP contribution in [0.4, 0.5) is 13.2 Å². The Balaban J connectivity index is 2.40. The Morgan fingerprint density at radius 2 is 1.95 bits per heavy atom. The predicted molar refractivity (Wildman–Crippen MR) is 84.6 cm³/mol. The van der Waals surface area contributed by atoms with Crippen molar-refractivity contribution in [1.29, 1.82) is 0 Å². The first-order chi connectivity index (χ1) is 10.2. The quantitative estimate of drug-likeness (QED) is 0.698. The second kappa shape index (κ2) is 6.52. The molecule has 0 heterocycles. The molecule has 118 valence electrons. The molecule has 1 aromatic carbocycles. The monoisotopic (exact) mass is 347 g/mol. The fourth-order valence-corrected chi connectivity index (χ4v) is 3.51. The molecule has 1 N–H and O–H groups in total.